The summed E-state index contributed by atoms with van der Waals surface area (Å²) in [5, 5.41) is 0. The van der Waals surface area contributed by atoms with Crippen LogP contribution in [0.4, 0.5) is 0 Å². The fourth-order valence-corrected chi connectivity index (χ4v) is 1.91. The molecule has 0 aromatic carbocycles. The SMILES string of the molecule is C=C1[C@H](OC)C[C@H](OC)[C@H]1COC. The summed E-state index contributed by atoms with van der Waals surface area (Å²) in [5.41, 5.74) is 1.09. The molecule has 0 heterocycles. The van der Waals surface area contributed by atoms with E-state index >= 15 is 0 Å². The summed E-state index contributed by atoms with van der Waals surface area (Å²) < 4.78 is 15.8. The molecule has 0 saturated heterocycles. The molecular formula is C10H18O3. The minimum atomic E-state index is 0.130. The first-order chi connectivity index (χ1) is 6.24. The molecule has 0 spiro atoms. The Morgan fingerprint density at radius 2 is 2.00 bits per heavy atom. The van der Waals surface area contributed by atoms with E-state index < -0.39 is 0 Å². The third kappa shape index (κ3) is 2.10. The molecule has 3 atom stereocenters. The Labute approximate surface area is 79.7 Å². The first-order valence-corrected chi connectivity index (χ1v) is 4.47. The average molecular weight is 186 g/mol. The minimum Gasteiger partial charge on any atom is -0.384 e. The zero-order valence-corrected chi connectivity index (χ0v) is 8.58. The Morgan fingerprint density at radius 3 is 2.46 bits per heavy atom. The molecular weight excluding hydrogens is 168 g/mol. The lowest BCUT2D eigenvalue weighted by Crippen LogP contribution is -2.21. The molecule has 0 N–H and O–H groups in total. The molecule has 1 saturated carbocycles. The van der Waals surface area contributed by atoms with Crippen molar-refractivity contribution in [3.05, 3.63) is 12.2 Å². The molecule has 0 aromatic rings. The fourth-order valence-electron chi connectivity index (χ4n) is 1.91. The van der Waals surface area contributed by atoms with Gasteiger partial charge in [0.05, 0.1) is 18.8 Å². The maximum atomic E-state index is 5.36. The summed E-state index contributed by atoms with van der Waals surface area (Å²) in [6, 6.07) is 0. The Morgan fingerprint density at radius 1 is 1.31 bits per heavy atom. The summed E-state index contributed by atoms with van der Waals surface area (Å²) in [6.45, 7) is 4.68. The van der Waals surface area contributed by atoms with Gasteiger partial charge >= 0.3 is 0 Å². The van der Waals surface area contributed by atoms with E-state index in [1.807, 2.05) is 0 Å². The van der Waals surface area contributed by atoms with Crippen molar-refractivity contribution in [1.29, 1.82) is 0 Å². The molecule has 0 bridgehead atoms. The number of ether oxygens (including phenoxy) is 3. The lowest BCUT2D eigenvalue weighted by Gasteiger charge is -2.17. The van der Waals surface area contributed by atoms with Gasteiger partial charge in [-0.15, -0.1) is 0 Å². The van der Waals surface area contributed by atoms with Crippen LogP contribution >= 0.6 is 0 Å². The molecule has 1 fully saturated rings. The maximum absolute atomic E-state index is 5.36. The van der Waals surface area contributed by atoms with Gasteiger partial charge < -0.3 is 14.2 Å². The molecule has 0 unspecified atom stereocenters. The van der Waals surface area contributed by atoms with Crippen molar-refractivity contribution < 1.29 is 14.2 Å². The highest BCUT2D eigenvalue weighted by molar-refractivity contribution is 5.17. The van der Waals surface area contributed by atoms with E-state index in [0.717, 1.165) is 12.0 Å². The smallest absolute Gasteiger partial charge is 0.0808 e. The van der Waals surface area contributed by atoms with Crippen LogP contribution in [0.2, 0.25) is 0 Å². The molecule has 76 valence electrons. The van der Waals surface area contributed by atoms with Crippen molar-refractivity contribution in [3.8, 4) is 0 Å². The predicted octanol–water partition coefficient (Wildman–Crippen LogP) is 1.24. The Kier molecular flexibility index (Phi) is 3.90. The lowest BCUT2D eigenvalue weighted by atomic mass is 10.0. The first-order valence-electron chi connectivity index (χ1n) is 4.47. The van der Waals surface area contributed by atoms with Crippen molar-refractivity contribution in [3.63, 3.8) is 0 Å². The summed E-state index contributed by atoms with van der Waals surface area (Å²) in [7, 11) is 5.12. The molecule has 0 aromatic heterocycles. The van der Waals surface area contributed by atoms with Crippen LogP contribution in [-0.2, 0) is 14.2 Å². The zero-order valence-electron chi connectivity index (χ0n) is 8.58. The standard InChI is InChI=1S/C10H18O3/c1-7-8(6-11-2)10(13-4)5-9(7)12-3/h8-10H,1,5-6H2,2-4H3/t8-,9+,10-/m0/s1. The lowest BCUT2D eigenvalue weighted by molar-refractivity contribution is 0.0339. The Bertz CT molecular complexity index is 179. The highest BCUT2D eigenvalue weighted by Crippen LogP contribution is 2.34. The summed E-state index contributed by atoms with van der Waals surface area (Å²) >= 11 is 0. The second-order valence-corrected chi connectivity index (χ2v) is 3.37. The summed E-state index contributed by atoms with van der Waals surface area (Å²) in [5.74, 6) is 0.278. The molecule has 3 heteroatoms. The second kappa shape index (κ2) is 4.74. The van der Waals surface area contributed by atoms with Crippen molar-refractivity contribution in [2.75, 3.05) is 27.9 Å². The van der Waals surface area contributed by atoms with E-state index in [0.29, 0.717) is 6.61 Å². The zero-order chi connectivity index (χ0) is 9.84. The van der Waals surface area contributed by atoms with E-state index in [9.17, 15) is 0 Å². The molecule has 1 aliphatic carbocycles. The van der Waals surface area contributed by atoms with Gasteiger partial charge in [-0.25, -0.2) is 0 Å². The molecule has 1 rings (SSSR count). The van der Waals surface area contributed by atoms with E-state index in [4.69, 9.17) is 14.2 Å². The van der Waals surface area contributed by atoms with Gasteiger partial charge in [0.2, 0.25) is 0 Å². The highest BCUT2D eigenvalue weighted by Gasteiger charge is 2.37. The van der Waals surface area contributed by atoms with Gasteiger partial charge in [0, 0.05) is 33.7 Å². The monoisotopic (exact) mass is 186 g/mol. The van der Waals surface area contributed by atoms with Gasteiger partial charge in [0.1, 0.15) is 0 Å². The summed E-state index contributed by atoms with van der Waals surface area (Å²) in [6.07, 6.45) is 1.21. The van der Waals surface area contributed by atoms with Crippen LogP contribution in [0, 0.1) is 5.92 Å². The molecule has 1 aliphatic rings. The van der Waals surface area contributed by atoms with Crippen LogP contribution in [0.3, 0.4) is 0 Å². The van der Waals surface area contributed by atoms with Crippen LogP contribution < -0.4 is 0 Å². The largest absolute Gasteiger partial charge is 0.384 e. The molecule has 0 radical (unpaired) electrons. The third-order valence-electron chi connectivity index (χ3n) is 2.72. The van der Waals surface area contributed by atoms with Crippen molar-refractivity contribution in [2.24, 2.45) is 5.92 Å². The topological polar surface area (TPSA) is 27.7 Å². The van der Waals surface area contributed by atoms with Crippen LogP contribution in [0.15, 0.2) is 12.2 Å². The highest BCUT2D eigenvalue weighted by atomic mass is 16.5. The summed E-state index contributed by atoms with van der Waals surface area (Å²) in [4.78, 5) is 0. The van der Waals surface area contributed by atoms with Gasteiger partial charge in [-0.1, -0.05) is 6.58 Å². The van der Waals surface area contributed by atoms with E-state index in [-0.39, 0.29) is 18.1 Å². The van der Waals surface area contributed by atoms with Crippen LogP contribution in [0.5, 0.6) is 0 Å². The van der Waals surface area contributed by atoms with Gasteiger partial charge in [-0.05, 0) is 5.57 Å². The molecule has 0 aliphatic heterocycles. The molecule has 0 amide bonds. The number of hydrogen-bond donors (Lipinski definition) is 0. The molecule has 13 heavy (non-hydrogen) atoms. The maximum Gasteiger partial charge on any atom is 0.0808 e. The predicted molar refractivity (Wildman–Crippen MR) is 50.7 cm³/mol. The van der Waals surface area contributed by atoms with Crippen LogP contribution in [0.25, 0.3) is 0 Å². The van der Waals surface area contributed by atoms with Gasteiger partial charge in [0.15, 0.2) is 0 Å². The average Bonchev–Trinajstić information content (AvgIpc) is 2.45. The van der Waals surface area contributed by atoms with Crippen LogP contribution in [-0.4, -0.2) is 40.1 Å². The number of methoxy groups -OCH3 is 3. The van der Waals surface area contributed by atoms with Crippen LogP contribution in [0.1, 0.15) is 6.42 Å². The Hall–Kier alpha value is -0.380. The Balaban J connectivity index is 2.62. The van der Waals surface area contributed by atoms with E-state index in [2.05, 4.69) is 6.58 Å². The molecule has 3 nitrogen and oxygen atoms in total. The van der Waals surface area contributed by atoms with Crippen molar-refractivity contribution in [2.45, 2.75) is 18.6 Å². The van der Waals surface area contributed by atoms with Crippen molar-refractivity contribution >= 4 is 0 Å². The normalized spacial score (nSPS) is 34.1. The third-order valence-corrected chi connectivity index (χ3v) is 2.72. The van der Waals surface area contributed by atoms with Gasteiger partial charge in [-0.3, -0.25) is 0 Å². The minimum absolute atomic E-state index is 0.130. The number of rotatable bonds is 4. The first kappa shape index (κ1) is 10.7. The van der Waals surface area contributed by atoms with Gasteiger partial charge in [-0.2, -0.15) is 0 Å². The van der Waals surface area contributed by atoms with E-state index in [1.165, 1.54) is 0 Å². The second-order valence-electron chi connectivity index (χ2n) is 3.37. The van der Waals surface area contributed by atoms with Gasteiger partial charge in [0.25, 0.3) is 0 Å². The number of hydrogen-bond acceptors (Lipinski definition) is 3. The van der Waals surface area contributed by atoms with E-state index in [1.54, 1.807) is 21.3 Å². The fraction of sp³-hybridized carbons (Fsp3) is 0.800. The quantitative estimate of drug-likeness (QED) is 0.618. The van der Waals surface area contributed by atoms with Crippen molar-refractivity contribution in [1.82, 2.24) is 0 Å².